The zero-order chi connectivity index (χ0) is 27.9. The second-order valence-corrected chi connectivity index (χ2v) is 9.06. The predicted molar refractivity (Wildman–Crippen MR) is 152 cm³/mol. The van der Waals surface area contributed by atoms with Gasteiger partial charge in [0.15, 0.2) is 28.8 Å². The number of carbonyl (C=O) groups excluding carboxylic acids is 2. The lowest BCUT2D eigenvalue weighted by atomic mass is 10.0. The van der Waals surface area contributed by atoms with Crippen LogP contribution in [0.3, 0.4) is 0 Å². The molecule has 1 N–H and O–H groups in total. The van der Waals surface area contributed by atoms with Gasteiger partial charge >= 0.3 is 0 Å². The summed E-state index contributed by atoms with van der Waals surface area (Å²) < 4.78 is 22.2. The molecule has 8 nitrogen and oxygen atoms in total. The molecule has 0 radical (unpaired) electrons. The molecular weight excluding hydrogens is 508 g/mol. The molecule has 1 amide bonds. The third-order valence-corrected chi connectivity index (χ3v) is 6.31. The van der Waals surface area contributed by atoms with E-state index in [4.69, 9.17) is 18.9 Å². The fraction of sp³-hybridized carbons (Fsp3) is 0.219. The normalized spacial score (nSPS) is 11.7. The molecule has 3 aromatic carbocycles. The molecule has 0 saturated heterocycles. The minimum absolute atomic E-state index is 0.00656. The number of fused-ring (bicyclic) bond motifs is 1. The number of aromatic nitrogens is 1. The molecule has 0 bridgehead atoms. The second kappa shape index (κ2) is 12.3. The maximum Gasteiger partial charge on any atom is 0.231 e. The summed E-state index contributed by atoms with van der Waals surface area (Å²) in [5.74, 6) is 2.39. The van der Waals surface area contributed by atoms with Gasteiger partial charge in [0.1, 0.15) is 5.82 Å². The van der Waals surface area contributed by atoms with Gasteiger partial charge in [-0.1, -0.05) is 36.4 Å². The number of ketones is 1. The van der Waals surface area contributed by atoms with Crippen LogP contribution in [0.25, 0.3) is 22.4 Å². The molecule has 0 unspecified atom stereocenters. The van der Waals surface area contributed by atoms with Crippen molar-refractivity contribution in [2.24, 2.45) is 0 Å². The summed E-state index contributed by atoms with van der Waals surface area (Å²) in [7, 11) is 0. The molecule has 0 atom stereocenters. The highest BCUT2D eigenvalue weighted by Gasteiger charge is 2.17. The quantitative estimate of drug-likeness (QED) is 0.217. The summed E-state index contributed by atoms with van der Waals surface area (Å²) in [6, 6.07) is 24.3. The van der Waals surface area contributed by atoms with Crippen molar-refractivity contribution in [2.45, 2.75) is 26.7 Å². The summed E-state index contributed by atoms with van der Waals surface area (Å²) in [5, 5.41) is 2.88. The van der Waals surface area contributed by atoms with Crippen LogP contribution in [-0.4, -0.2) is 36.7 Å². The van der Waals surface area contributed by atoms with Crippen LogP contribution in [0, 0.1) is 0 Å². The van der Waals surface area contributed by atoms with E-state index in [-0.39, 0.29) is 31.3 Å². The van der Waals surface area contributed by atoms with Crippen LogP contribution in [0.15, 0.2) is 78.9 Å². The lowest BCUT2D eigenvalue weighted by Gasteiger charge is -2.12. The lowest BCUT2D eigenvalue weighted by Crippen LogP contribution is -2.15. The average molecular weight is 539 g/mol. The zero-order valence-corrected chi connectivity index (χ0v) is 22.4. The van der Waals surface area contributed by atoms with E-state index < -0.39 is 0 Å². The highest BCUT2D eigenvalue weighted by molar-refractivity contribution is 6.00. The monoisotopic (exact) mass is 538 g/mol. The van der Waals surface area contributed by atoms with Gasteiger partial charge in [0.25, 0.3) is 0 Å². The molecule has 5 rings (SSSR count). The Hall–Kier alpha value is -4.85. The standard InChI is InChI=1S/C32H30N2O6/c1-3-37-27-14-11-23(18-29(27)38-4-2)26(35)12-15-32(36)34-31-19-24(16-25(33-31)21-8-6-5-7-9-21)22-10-13-28-30(17-22)40-20-39-28/h5-11,13-14,16-19H,3-4,12,15,20H2,1-2H3,(H,33,34,36). The highest BCUT2D eigenvalue weighted by atomic mass is 16.7. The first-order chi connectivity index (χ1) is 19.5. The molecule has 2 heterocycles. The first kappa shape index (κ1) is 26.7. The maximum atomic E-state index is 12.9. The van der Waals surface area contributed by atoms with Crippen LogP contribution in [0.1, 0.15) is 37.0 Å². The first-order valence-electron chi connectivity index (χ1n) is 13.2. The van der Waals surface area contributed by atoms with Crippen molar-refractivity contribution in [1.29, 1.82) is 0 Å². The van der Waals surface area contributed by atoms with Gasteiger partial charge in [-0.25, -0.2) is 4.98 Å². The van der Waals surface area contributed by atoms with Gasteiger partial charge in [0, 0.05) is 24.0 Å². The molecule has 0 aliphatic carbocycles. The summed E-state index contributed by atoms with van der Waals surface area (Å²) in [6.45, 7) is 4.88. The van der Waals surface area contributed by atoms with Gasteiger partial charge in [-0.05, 0) is 67.4 Å². The van der Waals surface area contributed by atoms with E-state index in [1.807, 2.05) is 74.5 Å². The molecule has 0 spiro atoms. The van der Waals surface area contributed by atoms with Crippen molar-refractivity contribution in [2.75, 3.05) is 25.3 Å². The molecule has 4 aromatic rings. The number of ether oxygens (including phenoxy) is 4. The van der Waals surface area contributed by atoms with E-state index >= 15 is 0 Å². The number of amides is 1. The van der Waals surface area contributed by atoms with Crippen molar-refractivity contribution in [3.63, 3.8) is 0 Å². The number of pyridine rings is 1. The summed E-state index contributed by atoms with van der Waals surface area (Å²) in [4.78, 5) is 30.5. The number of rotatable bonds is 11. The van der Waals surface area contributed by atoms with Crippen molar-refractivity contribution < 1.29 is 28.5 Å². The Labute approximate surface area is 232 Å². The Morgan fingerprint density at radius 1 is 0.775 bits per heavy atom. The number of benzene rings is 3. The smallest absolute Gasteiger partial charge is 0.231 e. The number of nitrogens with one attached hydrogen (secondary N) is 1. The molecule has 40 heavy (non-hydrogen) atoms. The number of anilines is 1. The van der Waals surface area contributed by atoms with Crippen molar-refractivity contribution >= 4 is 17.5 Å². The Balaban J connectivity index is 1.33. The van der Waals surface area contributed by atoms with Gasteiger partial charge in [-0.3, -0.25) is 9.59 Å². The molecule has 1 aliphatic heterocycles. The number of hydrogen-bond acceptors (Lipinski definition) is 7. The van der Waals surface area contributed by atoms with E-state index in [0.29, 0.717) is 53.3 Å². The van der Waals surface area contributed by atoms with Crippen LogP contribution >= 0.6 is 0 Å². The molecule has 8 heteroatoms. The van der Waals surface area contributed by atoms with Crippen LogP contribution < -0.4 is 24.3 Å². The third kappa shape index (κ3) is 6.23. The van der Waals surface area contributed by atoms with E-state index in [0.717, 1.165) is 16.7 Å². The Bertz CT molecular complexity index is 1520. The zero-order valence-electron chi connectivity index (χ0n) is 22.4. The van der Waals surface area contributed by atoms with Gasteiger partial charge in [-0.15, -0.1) is 0 Å². The largest absolute Gasteiger partial charge is 0.490 e. The molecule has 1 aliphatic rings. The second-order valence-electron chi connectivity index (χ2n) is 9.06. The van der Waals surface area contributed by atoms with Crippen LogP contribution in [-0.2, 0) is 4.79 Å². The lowest BCUT2D eigenvalue weighted by molar-refractivity contribution is -0.116. The van der Waals surface area contributed by atoms with E-state index in [9.17, 15) is 9.59 Å². The Kier molecular flexibility index (Phi) is 8.25. The number of nitrogens with zero attached hydrogens (tertiary/aromatic N) is 1. The van der Waals surface area contributed by atoms with Crippen molar-refractivity contribution in [3.8, 4) is 45.4 Å². The molecule has 204 valence electrons. The highest BCUT2D eigenvalue weighted by Crippen LogP contribution is 2.37. The minimum Gasteiger partial charge on any atom is -0.490 e. The van der Waals surface area contributed by atoms with E-state index in [1.165, 1.54) is 0 Å². The number of hydrogen-bond donors (Lipinski definition) is 1. The van der Waals surface area contributed by atoms with Crippen LogP contribution in [0.5, 0.6) is 23.0 Å². The minimum atomic E-state index is -0.307. The predicted octanol–water partition coefficient (Wildman–Crippen LogP) is 6.54. The topological polar surface area (TPSA) is 96.0 Å². The molecule has 1 aromatic heterocycles. The van der Waals surface area contributed by atoms with Crippen LogP contribution in [0.2, 0.25) is 0 Å². The van der Waals surface area contributed by atoms with Gasteiger partial charge < -0.3 is 24.3 Å². The fourth-order valence-corrected chi connectivity index (χ4v) is 4.40. The average Bonchev–Trinajstić information content (AvgIpc) is 3.45. The first-order valence-corrected chi connectivity index (χ1v) is 13.2. The van der Waals surface area contributed by atoms with Gasteiger partial charge in [-0.2, -0.15) is 0 Å². The van der Waals surface area contributed by atoms with Crippen molar-refractivity contribution in [1.82, 2.24) is 4.98 Å². The SMILES string of the molecule is CCOc1ccc(C(=O)CCC(=O)Nc2cc(-c3ccc4c(c3)OCO4)cc(-c3ccccc3)n2)cc1OCC. The van der Waals surface area contributed by atoms with Crippen LogP contribution in [0.4, 0.5) is 5.82 Å². The van der Waals surface area contributed by atoms with E-state index in [1.54, 1.807) is 18.2 Å². The fourth-order valence-electron chi connectivity index (χ4n) is 4.40. The number of Topliss-reactive ketones (excluding diaryl/α,β-unsaturated/α-hetero) is 1. The molecule has 0 fully saturated rings. The Morgan fingerprint density at radius 2 is 1.55 bits per heavy atom. The summed E-state index contributed by atoms with van der Waals surface area (Å²) >= 11 is 0. The molecular formula is C32H30N2O6. The summed E-state index contributed by atoms with van der Waals surface area (Å²) in [6.07, 6.45) is 0.0470. The molecule has 0 saturated carbocycles. The Morgan fingerprint density at radius 3 is 2.35 bits per heavy atom. The number of carbonyl (C=O) groups is 2. The summed E-state index contributed by atoms with van der Waals surface area (Å²) in [5.41, 5.74) is 3.84. The van der Waals surface area contributed by atoms with Gasteiger partial charge in [0.2, 0.25) is 12.7 Å². The third-order valence-electron chi connectivity index (χ3n) is 6.31. The van der Waals surface area contributed by atoms with Gasteiger partial charge in [0.05, 0.1) is 18.9 Å². The van der Waals surface area contributed by atoms with Crippen molar-refractivity contribution in [3.05, 3.63) is 84.4 Å². The van der Waals surface area contributed by atoms with E-state index in [2.05, 4.69) is 10.3 Å². The maximum absolute atomic E-state index is 12.9.